The highest BCUT2D eigenvalue weighted by Crippen LogP contribution is 2.30. The summed E-state index contributed by atoms with van der Waals surface area (Å²) in [4.78, 5) is 12.3. The Balaban J connectivity index is 1.51. The van der Waals surface area contributed by atoms with Crippen LogP contribution >= 0.6 is 15.9 Å². The Bertz CT molecular complexity index is 1100. The van der Waals surface area contributed by atoms with E-state index in [9.17, 15) is 4.79 Å². The summed E-state index contributed by atoms with van der Waals surface area (Å²) in [7, 11) is 0. The first-order valence-electron chi connectivity index (χ1n) is 9.27. The molecule has 3 nitrogen and oxygen atoms in total. The summed E-state index contributed by atoms with van der Waals surface area (Å²) in [5.74, 6) is 0.977. The maximum atomic E-state index is 12.3. The summed E-state index contributed by atoms with van der Waals surface area (Å²) in [6.45, 7) is 2.52. The van der Waals surface area contributed by atoms with Crippen molar-refractivity contribution in [2.75, 3.05) is 0 Å². The van der Waals surface area contributed by atoms with Crippen molar-refractivity contribution in [2.45, 2.75) is 13.5 Å². The first kappa shape index (κ1) is 19.2. The fourth-order valence-electron chi connectivity index (χ4n) is 2.99. The molecule has 0 spiro atoms. The zero-order valence-corrected chi connectivity index (χ0v) is 17.5. The van der Waals surface area contributed by atoms with E-state index in [-0.39, 0.29) is 5.97 Å². The van der Waals surface area contributed by atoms with Gasteiger partial charge in [0.1, 0.15) is 18.1 Å². The Hall–Kier alpha value is -3.11. The summed E-state index contributed by atoms with van der Waals surface area (Å²) < 4.78 is 12.1. The Morgan fingerprint density at radius 1 is 1.00 bits per heavy atom. The summed E-state index contributed by atoms with van der Waals surface area (Å²) >= 11 is 3.55. The third-order valence-electron chi connectivity index (χ3n) is 4.58. The predicted octanol–water partition coefficient (Wildman–Crippen LogP) is 6.32. The van der Waals surface area contributed by atoms with Gasteiger partial charge in [-0.1, -0.05) is 66.2 Å². The van der Waals surface area contributed by atoms with Gasteiger partial charge in [0.05, 0.1) is 10.0 Å². The lowest BCUT2D eigenvalue weighted by atomic mass is 10.1. The molecule has 0 aliphatic carbocycles. The summed E-state index contributed by atoms with van der Waals surface area (Å²) in [5, 5.41) is 0. The second-order valence-electron chi connectivity index (χ2n) is 6.83. The van der Waals surface area contributed by atoms with Gasteiger partial charge in [0.2, 0.25) is 0 Å². The van der Waals surface area contributed by atoms with Crippen LogP contribution in [0.4, 0.5) is 0 Å². The Kier molecular flexibility index (Phi) is 5.63. The van der Waals surface area contributed by atoms with Gasteiger partial charge in [-0.25, -0.2) is 4.79 Å². The van der Waals surface area contributed by atoms with Crippen molar-refractivity contribution < 1.29 is 14.3 Å². The van der Waals surface area contributed by atoms with Crippen molar-refractivity contribution in [1.82, 2.24) is 0 Å². The molecule has 0 bridgehead atoms. The number of cyclic esters (lactones) is 1. The Morgan fingerprint density at radius 2 is 1.76 bits per heavy atom. The Morgan fingerprint density at radius 3 is 2.48 bits per heavy atom. The first-order valence-corrected chi connectivity index (χ1v) is 10.1. The van der Waals surface area contributed by atoms with Gasteiger partial charge < -0.3 is 9.47 Å². The van der Waals surface area contributed by atoms with E-state index in [0.717, 1.165) is 32.5 Å². The van der Waals surface area contributed by atoms with Gasteiger partial charge in [-0.3, -0.25) is 0 Å². The normalized spacial score (nSPS) is 14.6. The number of benzene rings is 3. The van der Waals surface area contributed by atoms with Crippen LogP contribution in [0.2, 0.25) is 0 Å². The van der Waals surface area contributed by atoms with E-state index < -0.39 is 0 Å². The molecule has 0 radical (unpaired) electrons. The van der Waals surface area contributed by atoms with Crippen LogP contribution in [0.25, 0.3) is 11.8 Å². The smallest absolute Gasteiger partial charge is 0.343 e. The second-order valence-corrected chi connectivity index (χ2v) is 7.68. The van der Waals surface area contributed by atoms with Gasteiger partial charge in [-0.05, 0) is 58.3 Å². The lowest BCUT2D eigenvalue weighted by molar-refractivity contribution is -0.130. The van der Waals surface area contributed by atoms with Gasteiger partial charge in [0.25, 0.3) is 0 Å². The molecule has 0 fully saturated rings. The van der Waals surface area contributed by atoms with E-state index in [1.54, 1.807) is 6.08 Å². The number of aryl methyl sites for hydroxylation is 1. The molecule has 0 amide bonds. The molecule has 0 N–H and O–H groups in total. The molecule has 0 saturated carbocycles. The lowest BCUT2D eigenvalue weighted by Crippen LogP contribution is -1.97. The van der Waals surface area contributed by atoms with Crippen LogP contribution in [0.1, 0.15) is 22.3 Å². The maximum absolute atomic E-state index is 12.3. The molecule has 1 aliphatic heterocycles. The fraction of sp³-hybridized carbons (Fsp3) is 0.0800. The average Bonchev–Trinajstić information content (AvgIpc) is 3.09. The SMILES string of the molecule is Cc1ccc(C2=C/C(=C/c3ccc(OCc4ccccc4)c(Br)c3)C(=O)O2)cc1. The zero-order valence-electron chi connectivity index (χ0n) is 15.9. The van der Waals surface area contributed by atoms with Crippen LogP contribution in [-0.4, -0.2) is 5.97 Å². The highest BCUT2D eigenvalue weighted by Gasteiger charge is 2.22. The number of rotatable bonds is 5. The van der Waals surface area contributed by atoms with E-state index in [0.29, 0.717) is 17.9 Å². The largest absolute Gasteiger partial charge is 0.488 e. The quantitative estimate of drug-likeness (QED) is 0.339. The van der Waals surface area contributed by atoms with Crippen molar-refractivity contribution >= 4 is 33.7 Å². The molecule has 3 aromatic rings. The minimum absolute atomic E-state index is 0.346. The van der Waals surface area contributed by atoms with Crippen LogP contribution in [0.5, 0.6) is 5.75 Å². The Labute approximate surface area is 178 Å². The summed E-state index contributed by atoms with van der Waals surface area (Å²) in [6.07, 6.45) is 3.59. The molecule has 4 heteroatoms. The molecule has 0 aromatic heterocycles. The lowest BCUT2D eigenvalue weighted by Gasteiger charge is -2.09. The standard InChI is InChI=1S/C25H19BrO3/c1-17-7-10-20(11-8-17)24-15-21(25(27)29-24)13-19-9-12-23(22(26)14-19)28-16-18-5-3-2-4-6-18/h2-15H,16H2,1H3/b21-13-. The van der Waals surface area contributed by atoms with Crippen molar-refractivity contribution in [3.8, 4) is 5.75 Å². The molecule has 1 aliphatic rings. The van der Waals surface area contributed by atoms with Crippen LogP contribution in [0, 0.1) is 6.92 Å². The van der Waals surface area contributed by atoms with Gasteiger partial charge in [0, 0.05) is 5.56 Å². The van der Waals surface area contributed by atoms with Gasteiger partial charge in [0.15, 0.2) is 0 Å². The van der Waals surface area contributed by atoms with E-state index >= 15 is 0 Å². The maximum Gasteiger partial charge on any atom is 0.343 e. The number of esters is 1. The van der Waals surface area contributed by atoms with Crippen molar-refractivity contribution in [1.29, 1.82) is 0 Å². The number of carbonyl (C=O) groups excluding carboxylic acids is 1. The summed E-state index contributed by atoms with van der Waals surface area (Å²) in [6, 6.07) is 23.6. The third-order valence-corrected chi connectivity index (χ3v) is 5.20. The van der Waals surface area contributed by atoms with Crippen LogP contribution in [0.3, 0.4) is 0 Å². The van der Waals surface area contributed by atoms with Gasteiger partial charge >= 0.3 is 5.97 Å². The highest BCUT2D eigenvalue weighted by atomic mass is 79.9. The number of ether oxygens (including phenoxy) is 2. The molecular formula is C25H19BrO3. The van der Waals surface area contributed by atoms with Crippen LogP contribution < -0.4 is 4.74 Å². The molecule has 29 heavy (non-hydrogen) atoms. The molecule has 0 atom stereocenters. The van der Waals surface area contributed by atoms with E-state index in [2.05, 4.69) is 15.9 Å². The monoisotopic (exact) mass is 446 g/mol. The molecule has 0 unspecified atom stereocenters. The predicted molar refractivity (Wildman–Crippen MR) is 118 cm³/mol. The highest BCUT2D eigenvalue weighted by molar-refractivity contribution is 9.10. The second kappa shape index (κ2) is 8.50. The molecule has 3 aromatic carbocycles. The van der Waals surface area contributed by atoms with Crippen LogP contribution in [-0.2, 0) is 16.1 Å². The molecule has 144 valence electrons. The van der Waals surface area contributed by atoms with Crippen LogP contribution in [0.15, 0.2) is 88.9 Å². The fourth-order valence-corrected chi connectivity index (χ4v) is 3.50. The molecule has 0 saturated heterocycles. The number of hydrogen-bond acceptors (Lipinski definition) is 3. The number of hydrogen-bond donors (Lipinski definition) is 0. The van der Waals surface area contributed by atoms with Crippen molar-refractivity contribution in [2.24, 2.45) is 0 Å². The minimum atomic E-state index is -0.346. The topological polar surface area (TPSA) is 35.5 Å². The molecule has 1 heterocycles. The third kappa shape index (κ3) is 4.66. The molecule has 4 rings (SSSR count). The van der Waals surface area contributed by atoms with Crippen molar-refractivity contribution in [3.05, 3.63) is 111 Å². The minimum Gasteiger partial charge on any atom is -0.488 e. The van der Waals surface area contributed by atoms with Gasteiger partial charge in [-0.2, -0.15) is 0 Å². The average molecular weight is 447 g/mol. The summed E-state index contributed by atoms with van der Waals surface area (Å²) in [5.41, 5.74) is 4.56. The zero-order chi connectivity index (χ0) is 20.2. The number of carbonyl (C=O) groups is 1. The van der Waals surface area contributed by atoms with E-state index in [1.165, 1.54) is 0 Å². The first-order chi connectivity index (χ1) is 14.1. The van der Waals surface area contributed by atoms with Crippen molar-refractivity contribution in [3.63, 3.8) is 0 Å². The van der Waals surface area contributed by atoms with Gasteiger partial charge in [-0.15, -0.1) is 0 Å². The number of halogens is 1. The van der Waals surface area contributed by atoms with E-state index in [4.69, 9.17) is 9.47 Å². The molecular weight excluding hydrogens is 428 g/mol. The van der Waals surface area contributed by atoms with E-state index in [1.807, 2.05) is 85.8 Å².